The molecule has 10 heteroatoms. The second-order valence-corrected chi connectivity index (χ2v) is 5.21. The van der Waals surface area contributed by atoms with Crippen LogP contribution in [0, 0.1) is 10.1 Å². The second kappa shape index (κ2) is 5.36. The third-order valence-electron chi connectivity index (χ3n) is 1.93. The molecule has 2 heterocycles. The van der Waals surface area contributed by atoms with Crippen LogP contribution in [0.4, 0.5) is 17.3 Å². The molecule has 0 radical (unpaired) electrons. The number of halogens is 1. The third kappa shape index (κ3) is 3.29. The van der Waals surface area contributed by atoms with E-state index in [1.807, 2.05) is 0 Å². The van der Waals surface area contributed by atoms with Crippen LogP contribution in [0.2, 0.25) is 0 Å². The number of hydrogen-bond acceptors (Lipinski definition) is 8. The van der Waals surface area contributed by atoms with Crippen molar-refractivity contribution >= 4 is 45.0 Å². The summed E-state index contributed by atoms with van der Waals surface area (Å²) in [5.74, 6) is 0.379. The van der Waals surface area contributed by atoms with Crippen LogP contribution >= 0.6 is 27.7 Å². The highest BCUT2D eigenvalue weighted by Crippen LogP contribution is 2.33. The fourth-order valence-electron chi connectivity index (χ4n) is 1.22. The molecule has 2 aromatic heterocycles. The van der Waals surface area contributed by atoms with E-state index in [0.29, 0.717) is 4.47 Å². The Labute approximate surface area is 119 Å². The summed E-state index contributed by atoms with van der Waals surface area (Å²) in [5, 5.41) is 11.3. The monoisotopic (exact) mass is 342 g/mol. The minimum absolute atomic E-state index is 0.149. The van der Waals surface area contributed by atoms with E-state index in [0.717, 1.165) is 11.8 Å². The van der Waals surface area contributed by atoms with Gasteiger partial charge in [0.25, 0.3) is 0 Å². The van der Waals surface area contributed by atoms with Crippen LogP contribution in [0.15, 0.2) is 33.0 Å². The molecule has 0 amide bonds. The second-order valence-electron chi connectivity index (χ2n) is 3.34. The molecule has 8 nitrogen and oxygen atoms in total. The van der Waals surface area contributed by atoms with Gasteiger partial charge in [-0.2, -0.15) is 0 Å². The molecule has 19 heavy (non-hydrogen) atoms. The summed E-state index contributed by atoms with van der Waals surface area (Å²) in [7, 11) is 0. The van der Waals surface area contributed by atoms with Crippen molar-refractivity contribution in [2.75, 3.05) is 11.5 Å². The normalized spacial score (nSPS) is 10.4. The summed E-state index contributed by atoms with van der Waals surface area (Å²) in [5.41, 5.74) is 10.9. The number of hydrogen-bond donors (Lipinski definition) is 2. The van der Waals surface area contributed by atoms with Gasteiger partial charge in [0.05, 0.1) is 4.92 Å². The Morgan fingerprint density at radius 2 is 1.89 bits per heavy atom. The number of aromatic nitrogens is 3. The minimum atomic E-state index is -0.532. The predicted octanol–water partition coefficient (Wildman–Crippen LogP) is 1.86. The van der Waals surface area contributed by atoms with Gasteiger partial charge in [0.15, 0.2) is 10.2 Å². The summed E-state index contributed by atoms with van der Waals surface area (Å²) in [6.45, 7) is 0. The zero-order valence-electron chi connectivity index (χ0n) is 9.28. The SMILES string of the molecule is Nc1cc(N)nc(Sc2ncc(Br)cc2[N+](=O)[O-])n1. The summed E-state index contributed by atoms with van der Waals surface area (Å²) in [6, 6.07) is 2.75. The van der Waals surface area contributed by atoms with Crippen molar-refractivity contribution in [2.45, 2.75) is 10.2 Å². The smallest absolute Gasteiger partial charge is 0.302 e. The molecular formula is C9H7BrN6O2S. The van der Waals surface area contributed by atoms with Crippen molar-refractivity contribution in [3.63, 3.8) is 0 Å². The van der Waals surface area contributed by atoms with E-state index in [1.165, 1.54) is 18.3 Å². The summed E-state index contributed by atoms with van der Waals surface area (Å²) in [4.78, 5) is 22.2. The maximum atomic E-state index is 10.9. The first-order valence-corrected chi connectivity index (χ1v) is 6.44. The topological polar surface area (TPSA) is 134 Å². The van der Waals surface area contributed by atoms with E-state index in [4.69, 9.17) is 11.5 Å². The quantitative estimate of drug-likeness (QED) is 0.490. The first-order chi connectivity index (χ1) is 8.95. The van der Waals surface area contributed by atoms with Crippen molar-refractivity contribution in [1.82, 2.24) is 15.0 Å². The Bertz CT molecular complexity index is 632. The Morgan fingerprint density at radius 1 is 1.26 bits per heavy atom. The molecular weight excluding hydrogens is 336 g/mol. The average molecular weight is 343 g/mol. The van der Waals surface area contributed by atoms with Gasteiger partial charge in [0.2, 0.25) is 0 Å². The van der Waals surface area contributed by atoms with E-state index >= 15 is 0 Å². The molecule has 0 atom stereocenters. The summed E-state index contributed by atoms with van der Waals surface area (Å²) >= 11 is 4.05. The van der Waals surface area contributed by atoms with E-state index in [-0.39, 0.29) is 27.5 Å². The molecule has 2 rings (SSSR count). The van der Waals surface area contributed by atoms with Gasteiger partial charge < -0.3 is 11.5 Å². The first kappa shape index (κ1) is 13.5. The summed E-state index contributed by atoms with van der Waals surface area (Å²) in [6.07, 6.45) is 1.45. The average Bonchev–Trinajstić information content (AvgIpc) is 2.30. The van der Waals surface area contributed by atoms with Crippen molar-refractivity contribution in [3.8, 4) is 0 Å². The number of nitrogens with zero attached hydrogens (tertiary/aromatic N) is 4. The van der Waals surface area contributed by atoms with E-state index in [9.17, 15) is 10.1 Å². The highest BCUT2D eigenvalue weighted by Gasteiger charge is 2.18. The Balaban J connectivity index is 2.40. The molecule has 4 N–H and O–H groups in total. The molecule has 0 aliphatic heterocycles. The zero-order valence-corrected chi connectivity index (χ0v) is 11.7. The van der Waals surface area contributed by atoms with Crippen molar-refractivity contribution in [3.05, 3.63) is 32.9 Å². The highest BCUT2D eigenvalue weighted by molar-refractivity contribution is 9.10. The van der Waals surface area contributed by atoms with Gasteiger partial charge in [-0.3, -0.25) is 10.1 Å². The van der Waals surface area contributed by atoms with Gasteiger partial charge in [0, 0.05) is 22.8 Å². The maximum Gasteiger partial charge on any atom is 0.302 e. The van der Waals surface area contributed by atoms with Crippen molar-refractivity contribution in [2.24, 2.45) is 0 Å². The Kier molecular flexibility index (Phi) is 3.81. The van der Waals surface area contributed by atoms with E-state index in [1.54, 1.807) is 0 Å². The van der Waals surface area contributed by atoms with Crippen LogP contribution in [0.3, 0.4) is 0 Å². The van der Waals surface area contributed by atoms with Gasteiger partial charge in [-0.15, -0.1) is 0 Å². The zero-order chi connectivity index (χ0) is 14.0. The van der Waals surface area contributed by atoms with Crippen LogP contribution in [0.1, 0.15) is 0 Å². The number of nitrogen functional groups attached to an aromatic ring is 2. The van der Waals surface area contributed by atoms with Crippen molar-refractivity contribution in [1.29, 1.82) is 0 Å². The van der Waals surface area contributed by atoms with Gasteiger partial charge >= 0.3 is 5.69 Å². The standard InChI is InChI=1S/C9H7BrN6O2S/c10-4-1-5(16(17)18)8(13-3-4)19-9-14-6(11)2-7(12)15-9/h1-3H,(H4,11,12,14,15). The highest BCUT2D eigenvalue weighted by atomic mass is 79.9. The van der Waals surface area contributed by atoms with Gasteiger partial charge in [-0.05, 0) is 27.7 Å². The molecule has 0 saturated heterocycles. The molecule has 0 saturated carbocycles. The van der Waals surface area contributed by atoms with Gasteiger partial charge in [-0.1, -0.05) is 0 Å². The van der Waals surface area contributed by atoms with Crippen LogP contribution in [0.25, 0.3) is 0 Å². The molecule has 0 aromatic carbocycles. The fourth-order valence-corrected chi connectivity index (χ4v) is 2.36. The number of nitrogens with two attached hydrogens (primary N) is 2. The number of nitro groups is 1. The maximum absolute atomic E-state index is 10.9. The number of pyridine rings is 1. The van der Waals surface area contributed by atoms with Crippen LogP contribution in [0.5, 0.6) is 0 Å². The molecule has 98 valence electrons. The lowest BCUT2D eigenvalue weighted by Gasteiger charge is -2.03. The molecule has 0 aliphatic rings. The van der Waals surface area contributed by atoms with Crippen LogP contribution < -0.4 is 11.5 Å². The third-order valence-corrected chi connectivity index (χ3v) is 3.24. The molecule has 0 fully saturated rings. The molecule has 2 aromatic rings. The van der Waals surface area contributed by atoms with E-state index in [2.05, 4.69) is 30.9 Å². The molecule has 0 spiro atoms. The van der Waals surface area contributed by atoms with E-state index < -0.39 is 4.92 Å². The predicted molar refractivity (Wildman–Crippen MR) is 73.6 cm³/mol. The lowest BCUT2D eigenvalue weighted by atomic mass is 10.4. The van der Waals surface area contributed by atoms with Crippen molar-refractivity contribution < 1.29 is 4.92 Å². The molecule has 0 aliphatic carbocycles. The minimum Gasteiger partial charge on any atom is -0.383 e. The number of rotatable bonds is 3. The fraction of sp³-hybridized carbons (Fsp3) is 0. The summed E-state index contributed by atoms with van der Waals surface area (Å²) < 4.78 is 0.511. The van der Waals surface area contributed by atoms with Gasteiger partial charge in [-0.25, -0.2) is 15.0 Å². The lowest BCUT2D eigenvalue weighted by Crippen LogP contribution is -2.00. The largest absolute Gasteiger partial charge is 0.383 e. The van der Waals surface area contributed by atoms with Crippen LogP contribution in [-0.4, -0.2) is 19.9 Å². The molecule has 0 unspecified atom stereocenters. The molecule has 0 bridgehead atoms. The number of anilines is 2. The Morgan fingerprint density at radius 3 is 2.47 bits per heavy atom. The first-order valence-electron chi connectivity index (χ1n) is 4.83. The van der Waals surface area contributed by atoms with Gasteiger partial charge in [0.1, 0.15) is 11.6 Å². The van der Waals surface area contributed by atoms with Crippen LogP contribution in [-0.2, 0) is 0 Å². The lowest BCUT2D eigenvalue weighted by molar-refractivity contribution is -0.388. The Hall–Kier alpha value is -1.94.